The molecule has 2 aliphatic rings. The fourth-order valence-corrected chi connectivity index (χ4v) is 3.93. The highest BCUT2D eigenvalue weighted by atomic mass is 16.6. The van der Waals surface area contributed by atoms with E-state index in [4.69, 9.17) is 9.47 Å². The minimum Gasteiger partial charge on any atom is -0.378 e. The molecule has 5 heteroatoms. The molecule has 2 aromatic rings. The number of benzene rings is 1. The Bertz CT molecular complexity index is 707. The first kappa shape index (κ1) is 14.8. The molecule has 1 spiro atoms. The van der Waals surface area contributed by atoms with Gasteiger partial charge in [-0.3, -0.25) is 0 Å². The van der Waals surface area contributed by atoms with Crippen LogP contribution in [0.1, 0.15) is 25.3 Å². The number of hydrogen-bond donors (Lipinski definition) is 0. The molecule has 4 rings (SSSR count). The molecule has 0 amide bonds. The number of hydrogen-bond acceptors (Lipinski definition) is 5. The lowest BCUT2D eigenvalue weighted by atomic mass is 9.93. The molecule has 0 unspecified atom stereocenters. The maximum atomic E-state index is 6.30. The standard InChI is InChI=1S/C18H23N3O2/c1-13-5-3-6-15-16(13)17(20-12-19-15)21-9-14(2)23-18(10-21)7-4-8-22-11-18/h3,5-6,12,14H,4,7-11H2,1-2H3/t14-,18-/m0/s1. The highest BCUT2D eigenvalue weighted by molar-refractivity contribution is 5.92. The summed E-state index contributed by atoms with van der Waals surface area (Å²) in [4.78, 5) is 11.4. The van der Waals surface area contributed by atoms with Crippen LogP contribution in [0.25, 0.3) is 10.9 Å². The third-order valence-electron chi connectivity index (χ3n) is 4.84. The van der Waals surface area contributed by atoms with E-state index >= 15 is 0 Å². The molecule has 5 nitrogen and oxygen atoms in total. The minimum absolute atomic E-state index is 0.166. The van der Waals surface area contributed by atoms with Gasteiger partial charge in [-0.25, -0.2) is 9.97 Å². The number of rotatable bonds is 1. The van der Waals surface area contributed by atoms with Crippen molar-refractivity contribution in [2.24, 2.45) is 0 Å². The monoisotopic (exact) mass is 313 g/mol. The fourth-order valence-electron chi connectivity index (χ4n) is 3.93. The Morgan fingerprint density at radius 2 is 2.22 bits per heavy atom. The number of fused-ring (bicyclic) bond motifs is 1. The Balaban J connectivity index is 1.75. The van der Waals surface area contributed by atoms with Gasteiger partial charge in [-0.1, -0.05) is 12.1 Å². The molecular formula is C18H23N3O2. The Labute approximate surface area is 136 Å². The summed E-state index contributed by atoms with van der Waals surface area (Å²) in [6, 6.07) is 6.22. The van der Waals surface area contributed by atoms with Gasteiger partial charge in [0.05, 0.1) is 24.8 Å². The van der Waals surface area contributed by atoms with Crippen LogP contribution in [-0.2, 0) is 9.47 Å². The normalized spacial score (nSPS) is 28.4. The summed E-state index contributed by atoms with van der Waals surface area (Å²) >= 11 is 0. The van der Waals surface area contributed by atoms with Gasteiger partial charge in [-0.05, 0) is 38.3 Å². The van der Waals surface area contributed by atoms with Gasteiger partial charge in [0.1, 0.15) is 17.7 Å². The summed E-state index contributed by atoms with van der Waals surface area (Å²) in [6.45, 7) is 7.46. The van der Waals surface area contributed by atoms with Crippen molar-refractivity contribution in [2.45, 2.75) is 38.4 Å². The molecule has 2 fully saturated rings. The average molecular weight is 313 g/mol. The molecule has 3 heterocycles. The van der Waals surface area contributed by atoms with Crippen LogP contribution in [0, 0.1) is 6.92 Å². The Kier molecular flexibility index (Phi) is 3.70. The number of morpholine rings is 1. The van der Waals surface area contributed by atoms with E-state index in [0.29, 0.717) is 6.61 Å². The minimum atomic E-state index is -0.199. The first-order valence-electron chi connectivity index (χ1n) is 8.38. The van der Waals surface area contributed by atoms with Crippen LogP contribution in [0.4, 0.5) is 5.82 Å². The molecule has 2 atom stereocenters. The van der Waals surface area contributed by atoms with Crippen molar-refractivity contribution >= 4 is 16.7 Å². The van der Waals surface area contributed by atoms with Crippen LogP contribution < -0.4 is 4.90 Å². The molecular weight excluding hydrogens is 290 g/mol. The van der Waals surface area contributed by atoms with Crippen molar-refractivity contribution in [1.82, 2.24) is 9.97 Å². The SMILES string of the molecule is Cc1cccc2ncnc(N3C[C@H](C)O[C@@]4(CCCOC4)C3)c12. The van der Waals surface area contributed by atoms with E-state index in [0.717, 1.165) is 49.3 Å². The third kappa shape index (κ3) is 2.68. The second-order valence-corrected chi connectivity index (χ2v) is 6.81. The summed E-state index contributed by atoms with van der Waals surface area (Å²) in [5.74, 6) is 1.02. The van der Waals surface area contributed by atoms with Gasteiger partial charge in [-0.2, -0.15) is 0 Å². The van der Waals surface area contributed by atoms with Crippen LogP contribution >= 0.6 is 0 Å². The predicted molar refractivity (Wildman–Crippen MR) is 89.8 cm³/mol. The topological polar surface area (TPSA) is 47.5 Å². The lowest BCUT2D eigenvalue weighted by Crippen LogP contribution is -2.59. The number of anilines is 1. The van der Waals surface area contributed by atoms with E-state index in [9.17, 15) is 0 Å². The lowest BCUT2D eigenvalue weighted by molar-refractivity contribution is -0.160. The zero-order valence-electron chi connectivity index (χ0n) is 13.8. The van der Waals surface area contributed by atoms with Crippen LogP contribution in [0.3, 0.4) is 0 Å². The van der Waals surface area contributed by atoms with Gasteiger partial charge in [0, 0.05) is 18.5 Å². The molecule has 2 aliphatic heterocycles. The van der Waals surface area contributed by atoms with E-state index in [1.54, 1.807) is 6.33 Å². The molecule has 1 aromatic heterocycles. The van der Waals surface area contributed by atoms with E-state index in [-0.39, 0.29) is 11.7 Å². The summed E-state index contributed by atoms with van der Waals surface area (Å²) in [5, 5.41) is 1.15. The zero-order chi connectivity index (χ0) is 15.9. The van der Waals surface area contributed by atoms with Crippen molar-refractivity contribution in [3.63, 3.8) is 0 Å². The van der Waals surface area contributed by atoms with Gasteiger partial charge in [-0.15, -0.1) is 0 Å². The average Bonchev–Trinajstić information content (AvgIpc) is 2.54. The van der Waals surface area contributed by atoms with Crippen LogP contribution in [0.5, 0.6) is 0 Å². The van der Waals surface area contributed by atoms with E-state index < -0.39 is 0 Å². The highest BCUT2D eigenvalue weighted by Crippen LogP contribution is 2.34. The van der Waals surface area contributed by atoms with Crippen molar-refractivity contribution in [1.29, 1.82) is 0 Å². The van der Waals surface area contributed by atoms with Crippen molar-refractivity contribution in [2.75, 3.05) is 31.2 Å². The smallest absolute Gasteiger partial charge is 0.140 e. The molecule has 1 aromatic carbocycles. The molecule has 2 saturated heterocycles. The summed E-state index contributed by atoms with van der Waals surface area (Å²) in [7, 11) is 0. The van der Waals surface area contributed by atoms with Crippen molar-refractivity contribution < 1.29 is 9.47 Å². The van der Waals surface area contributed by atoms with Gasteiger partial charge in [0.15, 0.2) is 0 Å². The number of aromatic nitrogens is 2. The first-order valence-corrected chi connectivity index (χ1v) is 8.38. The Morgan fingerprint density at radius 1 is 1.30 bits per heavy atom. The first-order chi connectivity index (χ1) is 11.2. The zero-order valence-corrected chi connectivity index (χ0v) is 13.8. The van der Waals surface area contributed by atoms with E-state index in [1.165, 1.54) is 5.56 Å². The molecule has 0 bridgehead atoms. The van der Waals surface area contributed by atoms with Crippen molar-refractivity contribution in [3.8, 4) is 0 Å². The summed E-state index contributed by atoms with van der Waals surface area (Å²) < 4.78 is 12.0. The quantitative estimate of drug-likeness (QED) is 0.810. The van der Waals surface area contributed by atoms with Crippen LogP contribution in [-0.4, -0.2) is 48.0 Å². The molecule has 0 aliphatic carbocycles. The predicted octanol–water partition coefficient (Wildman–Crippen LogP) is 2.71. The molecule has 0 saturated carbocycles. The van der Waals surface area contributed by atoms with Crippen molar-refractivity contribution in [3.05, 3.63) is 30.1 Å². The third-order valence-corrected chi connectivity index (χ3v) is 4.84. The molecule has 0 radical (unpaired) electrons. The van der Waals surface area contributed by atoms with E-state index in [1.807, 2.05) is 6.07 Å². The fraction of sp³-hybridized carbons (Fsp3) is 0.556. The summed E-state index contributed by atoms with van der Waals surface area (Å²) in [5.41, 5.74) is 2.02. The van der Waals surface area contributed by atoms with Gasteiger partial charge in [0.2, 0.25) is 0 Å². The van der Waals surface area contributed by atoms with Gasteiger partial charge in [0.25, 0.3) is 0 Å². The van der Waals surface area contributed by atoms with Gasteiger partial charge >= 0.3 is 0 Å². The van der Waals surface area contributed by atoms with E-state index in [2.05, 4.69) is 40.8 Å². The number of aryl methyl sites for hydroxylation is 1. The maximum Gasteiger partial charge on any atom is 0.140 e. The molecule has 0 N–H and O–H groups in total. The lowest BCUT2D eigenvalue weighted by Gasteiger charge is -2.47. The largest absolute Gasteiger partial charge is 0.378 e. The number of ether oxygens (including phenoxy) is 2. The maximum absolute atomic E-state index is 6.30. The second kappa shape index (κ2) is 5.73. The van der Waals surface area contributed by atoms with Crippen LogP contribution in [0.2, 0.25) is 0 Å². The second-order valence-electron chi connectivity index (χ2n) is 6.81. The number of nitrogens with zero attached hydrogens (tertiary/aromatic N) is 3. The Morgan fingerprint density at radius 3 is 3.04 bits per heavy atom. The molecule has 23 heavy (non-hydrogen) atoms. The Hall–Kier alpha value is -1.72. The van der Waals surface area contributed by atoms with Gasteiger partial charge < -0.3 is 14.4 Å². The van der Waals surface area contributed by atoms with Crippen LogP contribution in [0.15, 0.2) is 24.5 Å². The highest BCUT2D eigenvalue weighted by Gasteiger charge is 2.42. The summed E-state index contributed by atoms with van der Waals surface area (Å²) in [6.07, 6.45) is 3.95. The molecule has 122 valence electrons.